The van der Waals surface area contributed by atoms with Crippen molar-refractivity contribution >= 4 is 17.4 Å². The maximum Gasteiger partial charge on any atom is 0.257 e. The molecule has 0 radical (unpaired) electrons. The molecule has 21 heavy (non-hydrogen) atoms. The Balaban J connectivity index is 2.31. The molecule has 0 bridgehead atoms. The topological polar surface area (TPSA) is 101 Å². The number of hydrogen-bond acceptors (Lipinski definition) is 4. The lowest BCUT2D eigenvalue weighted by Crippen LogP contribution is -2.19. The largest absolute Gasteiger partial charge is 0.409 e. The molecule has 0 aliphatic rings. The summed E-state index contributed by atoms with van der Waals surface area (Å²) in [5.74, 6) is -1.29. The number of pyridine rings is 1. The number of aromatic nitrogens is 1. The second-order valence-corrected chi connectivity index (χ2v) is 4.32. The Kier molecular flexibility index (Phi) is 4.13. The van der Waals surface area contributed by atoms with Crippen LogP contribution in [0.1, 0.15) is 21.6 Å². The molecule has 0 unspecified atom stereocenters. The summed E-state index contributed by atoms with van der Waals surface area (Å²) in [5, 5.41) is 14.1. The Morgan fingerprint density at radius 1 is 1.38 bits per heavy atom. The van der Waals surface area contributed by atoms with Crippen molar-refractivity contribution in [3.63, 3.8) is 0 Å². The van der Waals surface area contributed by atoms with Gasteiger partial charge in [0, 0.05) is 17.5 Å². The number of amides is 1. The number of aryl methyl sites for hydroxylation is 1. The minimum absolute atomic E-state index is 0.0888. The van der Waals surface area contributed by atoms with E-state index in [1.807, 2.05) is 0 Å². The fourth-order valence-corrected chi connectivity index (χ4v) is 1.69. The highest BCUT2D eigenvalue weighted by molar-refractivity contribution is 6.09. The third-order valence-electron chi connectivity index (χ3n) is 2.79. The van der Waals surface area contributed by atoms with E-state index in [1.54, 1.807) is 19.1 Å². The van der Waals surface area contributed by atoms with E-state index < -0.39 is 11.7 Å². The Morgan fingerprint density at radius 3 is 2.76 bits per heavy atom. The van der Waals surface area contributed by atoms with Gasteiger partial charge in [-0.2, -0.15) is 0 Å². The highest BCUT2D eigenvalue weighted by atomic mass is 19.1. The fraction of sp³-hybridized carbons (Fsp3) is 0.0714. The number of carbonyl (C=O) groups is 1. The third kappa shape index (κ3) is 3.33. The summed E-state index contributed by atoms with van der Waals surface area (Å²) >= 11 is 0. The van der Waals surface area contributed by atoms with Crippen molar-refractivity contribution in [2.75, 3.05) is 5.32 Å². The number of carbonyl (C=O) groups excluding carboxylic acids is 1. The standard InChI is InChI=1S/C14H13FN4O2/c1-8-2-3-9(7-17-8)14(20)18-12-5-4-10(15)6-11(12)13(16)19-21/h2-7,21H,1H3,(H2,16,19)(H,18,20). The predicted molar refractivity (Wildman–Crippen MR) is 75.8 cm³/mol. The van der Waals surface area contributed by atoms with Crippen molar-refractivity contribution in [1.29, 1.82) is 0 Å². The average molecular weight is 288 g/mol. The van der Waals surface area contributed by atoms with Gasteiger partial charge in [-0.25, -0.2) is 4.39 Å². The van der Waals surface area contributed by atoms with E-state index in [4.69, 9.17) is 10.9 Å². The number of halogens is 1. The van der Waals surface area contributed by atoms with Crippen LogP contribution in [-0.4, -0.2) is 21.9 Å². The lowest BCUT2D eigenvalue weighted by Gasteiger charge is -2.10. The molecule has 0 fully saturated rings. The van der Waals surface area contributed by atoms with E-state index >= 15 is 0 Å². The second kappa shape index (κ2) is 6.00. The van der Waals surface area contributed by atoms with Crippen LogP contribution in [0.5, 0.6) is 0 Å². The monoisotopic (exact) mass is 288 g/mol. The highest BCUT2D eigenvalue weighted by Gasteiger charge is 2.13. The normalized spacial score (nSPS) is 11.2. The minimum Gasteiger partial charge on any atom is -0.409 e. The van der Waals surface area contributed by atoms with Crippen LogP contribution in [0.15, 0.2) is 41.7 Å². The number of amidine groups is 1. The van der Waals surface area contributed by atoms with Crippen LogP contribution in [-0.2, 0) is 0 Å². The number of nitrogens with one attached hydrogen (secondary N) is 1. The molecule has 1 heterocycles. The van der Waals surface area contributed by atoms with Gasteiger partial charge in [0.2, 0.25) is 0 Å². The molecule has 0 atom stereocenters. The van der Waals surface area contributed by atoms with Crippen LogP contribution < -0.4 is 11.1 Å². The number of nitrogens with zero attached hydrogens (tertiary/aromatic N) is 2. The number of benzene rings is 1. The molecule has 0 spiro atoms. The first-order valence-electron chi connectivity index (χ1n) is 6.02. The molecule has 0 aliphatic heterocycles. The Hall–Kier alpha value is -2.96. The number of anilines is 1. The maximum atomic E-state index is 13.2. The summed E-state index contributed by atoms with van der Waals surface area (Å²) in [7, 11) is 0. The van der Waals surface area contributed by atoms with Crippen molar-refractivity contribution in [1.82, 2.24) is 4.98 Å². The predicted octanol–water partition coefficient (Wildman–Crippen LogP) is 1.88. The molecule has 6 nitrogen and oxygen atoms in total. The molecule has 108 valence electrons. The van der Waals surface area contributed by atoms with Crippen molar-refractivity contribution < 1.29 is 14.4 Å². The SMILES string of the molecule is Cc1ccc(C(=O)Nc2ccc(F)cc2/C(N)=N/O)cn1. The van der Waals surface area contributed by atoms with Gasteiger partial charge in [-0.3, -0.25) is 9.78 Å². The van der Waals surface area contributed by atoms with Gasteiger partial charge in [-0.05, 0) is 37.3 Å². The van der Waals surface area contributed by atoms with Gasteiger partial charge in [0.25, 0.3) is 5.91 Å². The zero-order valence-corrected chi connectivity index (χ0v) is 11.2. The van der Waals surface area contributed by atoms with Crippen molar-refractivity contribution in [2.45, 2.75) is 6.92 Å². The summed E-state index contributed by atoms with van der Waals surface area (Å²) < 4.78 is 13.2. The molecule has 1 aromatic heterocycles. The zero-order valence-electron chi connectivity index (χ0n) is 11.2. The molecule has 0 saturated carbocycles. The van der Waals surface area contributed by atoms with Crippen molar-refractivity contribution in [2.24, 2.45) is 10.9 Å². The summed E-state index contributed by atoms with van der Waals surface area (Å²) in [6.45, 7) is 1.80. The van der Waals surface area contributed by atoms with Gasteiger partial charge in [0.15, 0.2) is 5.84 Å². The molecule has 1 aromatic carbocycles. The van der Waals surface area contributed by atoms with Gasteiger partial charge in [-0.1, -0.05) is 5.16 Å². The van der Waals surface area contributed by atoms with E-state index in [-0.39, 0.29) is 17.1 Å². The summed E-state index contributed by atoms with van der Waals surface area (Å²) in [5.41, 5.74) is 6.92. The van der Waals surface area contributed by atoms with E-state index in [2.05, 4.69) is 15.5 Å². The lowest BCUT2D eigenvalue weighted by atomic mass is 10.1. The Bertz CT molecular complexity index is 699. The molecule has 0 aliphatic carbocycles. The number of oxime groups is 1. The highest BCUT2D eigenvalue weighted by Crippen LogP contribution is 2.18. The molecule has 1 amide bonds. The lowest BCUT2D eigenvalue weighted by molar-refractivity contribution is 0.102. The Labute approximate surface area is 120 Å². The third-order valence-corrected chi connectivity index (χ3v) is 2.79. The fourth-order valence-electron chi connectivity index (χ4n) is 1.69. The number of nitrogens with two attached hydrogens (primary N) is 1. The van der Waals surface area contributed by atoms with Gasteiger partial charge in [-0.15, -0.1) is 0 Å². The summed E-state index contributed by atoms with van der Waals surface area (Å²) in [6.07, 6.45) is 1.43. The summed E-state index contributed by atoms with van der Waals surface area (Å²) in [4.78, 5) is 16.1. The zero-order chi connectivity index (χ0) is 15.4. The number of hydrogen-bond donors (Lipinski definition) is 3. The molecule has 7 heteroatoms. The first-order chi connectivity index (χ1) is 10.0. The minimum atomic E-state index is -0.563. The van der Waals surface area contributed by atoms with E-state index in [1.165, 1.54) is 12.3 Å². The molecular formula is C14H13FN4O2. The van der Waals surface area contributed by atoms with Gasteiger partial charge >= 0.3 is 0 Å². The average Bonchev–Trinajstić information content (AvgIpc) is 2.48. The van der Waals surface area contributed by atoms with Crippen LogP contribution in [0.3, 0.4) is 0 Å². The van der Waals surface area contributed by atoms with Crippen molar-refractivity contribution in [3.8, 4) is 0 Å². The Morgan fingerprint density at radius 2 is 2.14 bits per heavy atom. The van der Waals surface area contributed by atoms with E-state index in [0.29, 0.717) is 5.56 Å². The number of rotatable bonds is 3. The molecule has 0 saturated heterocycles. The molecule has 2 aromatic rings. The smallest absolute Gasteiger partial charge is 0.257 e. The van der Waals surface area contributed by atoms with Crippen LogP contribution in [0.25, 0.3) is 0 Å². The van der Waals surface area contributed by atoms with Gasteiger partial charge in [0.1, 0.15) is 5.82 Å². The quantitative estimate of drug-likeness (QED) is 0.347. The summed E-state index contributed by atoms with van der Waals surface area (Å²) in [6, 6.07) is 6.88. The second-order valence-electron chi connectivity index (χ2n) is 4.32. The molecule has 4 N–H and O–H groups in total. The van der Waals surface area contributed by atoms with Crippen LogP contribution in [0, 0.1) is 12.7 Å². The van der Waals surface area contributed by atoms with Crippen LogP contribution in [0.2, 0.25) is 0 Å². The maximum absolute atomic E-state index is 13.2. The van der Waals surface area contributed by atoms with Gasteiger partial charge < -0.3 is 16.3 Å². The van der Waals surface area contributed by atoms with Crippen molar-refractivity contribution in [3.05, 3.63) is 59.2 Å². The first kappa shape index (κ1) is 14.4. The van der Waals surface area contributed by atoms with E-state index in [9.17, 15) is 9.18 Å². The van der Waals surface area contributed by atoms with Crippen LogP contribution >= 0.6 is 0 Å². The first-order valence-corrected chi connectivity index (χ1v) is 6.02. The molecular weight excluding hydrogens is 275 g/mol. The van der Waals surface area contributed by atoms with Crippen LogP contribution in [0.4, 0.5) is 10.1 Å². The molecule has 2 rings (SSSR count). The van der Waals surface area contributed by atoms with Gasteiger partial charge in [0.05, 0.1) is 11.3 Å². The van der Waals surface area contributed by atoms with E-state index in [0.717, 1.165) is 17.8 Å².